The van der Waals surface area contributed by atoms with Crippen LogP contribution in [0.15, 0.2) is 83.8 Å². The molecule has 0 saturated heterocycles. The highest BCUT2D eigenvalue weighted by molar-refractivity contribution is 7.89. The largest absolute Gasteiger partial charge is 0.325 e. The van der Waals surface area contributed by atoms with Gasteiger partial charge in [0.2, 0.25) is 15.9 Å². The van der Waals surface area contributed by atoms with Gasteiger partial charge in [-0.25, -0.2) is 8.42 Å². The first-order chi connectivity index (χ1) is 13.8. The molecule has 0 radical (unpaired) electrons. The normalized spacial score (nSPS) is 12.3. The Balaban J connectivity index is 1.85. The number of nitrogens with one attached hydrogen (secondary N) is 2. The highest BCUT2D eigenvalue weighted by Crippen LogP contribution is 2.15. The number of aryl methyl sites for hydroxylation is 2. The van der Waals surface area contributed by atoms with Crippen molar-refractivity contribution in [3.8, 4) is 0 Å². The van der Waals surface area contributed by atoms with E-state index in [1.165, 1.54) is 12.1 Å². The first-order valence-corrected chi connectivity index (χ1v) is 10.8. The number of amides is 1. The molecule has 0 unspecified atom stereocenters. The average molecular weight is 409 g/mol. The number of carbonyl (C=O) groups excluding carboxylic acids is 1. The molecule has 3 aromatic carbocycles. The summed E-state index contributed by atoms with van der Waals surface area (Å²) in [6.07, 6.45) is 0.240. The van der Waals surface area contributed by atoms with Gasteiger partial charge in [0.15, 0.2) is 0 Å². The summed E-state index contributed by atoms with van der Waals surface area (Å²) in [7, 11) is -3.85. The van der Waals surface area contributed by atoms with Crippen LogP contribution in [0.5, 0.6) is 0 Å². The van der Waals surface area contributed by atoms with Crippen LogP contribution in [0, 0.1) is 13.8 Å². The van der Waals surface area contributed by atoms with Gasteiger partial charge in [0.1, 0.15) is 6.04 Å². The number of rotatable bonds is 7. The van der Waals surface area contributed by atoms with E-state index in [2.05, 4.69) is 10.0 Å². The van der Waals surface area contributed by atoms with Crippen molar-refractivity contribution in [2.24, 2.45) is 0 Å². The summed E-state index contributed by atoms with van der Waals surface area (Å²) in [5, 5.41) is 2.82. The highest BCUT2D eigenvalue weighted by Gasteiger charge is 2.26. The van der Waals surface area contributed by atoms with Gasteiger partial charge in [-0.1, -0.05) is 60.2 Å². The number of carbonyl (C=O) groups is 1. The second-order valence-electron chi connectivity index (χ2n) is 7.04. The molecule has 3 aromatic rings. The van der Waals surface area contributed by atoms with Crippen molar-refractivity contribution in [3.05, 3.63) is 95.6 Å². The van der Waals surface area contributed by atoms with E-state index >= 15 is 0 Å². The molecule has 150 valence electrons. The second kappa shape index (κ2) is 9.03. The number of hydrogen-bond donors (Lipinski definition) is 2. The standard InChI is InChI=1S/C23H24N2O3S/c1-17-11-13-21(14-12-17)29(27,28)25-22(16-19-8-4-3-5-9-19)23(26)24-20-10-6-7-18(2)15-20/h3-15,22,25H,16H2,1-2H3,(H,24,26)/t22-/m1/s1. The Hall–Kier alpha value is -2.96. The van der Waals surface area contributed by atoms with Crippen LogP contribution in [0.4, 0.5) is 5.69 Å². The fourth-order valence-corrected chi connectivity index (χ4v) is 4.16. The summed E-state index contributed by atoms with van der Waals surface area (Å²) in [6.45, 7) is 3.81. The minimum Gasteiger partial charge on any atom is -0.325 e. The quantitative estimate of drug-likeness (QED) is 0.624. The predicted octanol–water partition coefficient (Wildman–Crippen LogP) is 3.83. The third kappa shape index (κ3) is 5.76. The molecule has 0 heterocycles. The molecule has 0 aliphatic carbocycles. The topological polar surface area (TPSA) is 75.3 Å². The molecular weight excluding hydrogens is 384 g/mol. The van der Waals surface area contributed by atoms with Crippen LogP contribution < -0.4 is 10.0 Å². The van der Waals surface area contributed by atoms with Crippen molar-refractivity contribution in [2.45, 2.75) is 31.2 Å². The van der Waals surface area contributed by atoms with Crippen LogP contribution >= 0.6 is 0 Å². The Morgan fingerprint density at radius 3 is 2.21 bits per heavy atom. The Kier molecular flexibility index (Phi) is 6.46. The summed E-state index contributed by atoms with van der Waals surface area (Å²) in [6, 6.07) is 22.3. The van der Waals surface area contributed by atoms with Crippen LogP contribution in [0.2, 0.25) is 0 Å². The smallest absolute Gasteiger partial charge is 0.242 e. The number of sulfonamides is 1. The molecule has 0 saturated carbocycles. The van der Waals surface area contributed by atoms with Gasteiger partial charge in [-0.3, -0.25) is 4.79 Å². The first-order valence-electron chi connectivity index (χ1n) is 9.34. The lowest BCUT2D eigenvalue weighted by Gasteiger charge is -2.19. The average Bonchev–Trinajstić information content (AvgIpc) is 2.68. The third-order valence-corrected chi connectivity index (χ3v) is 6.00. The van der Waals surface area contributed by atoms with Gasteiger partial charge in [0, 0.05) is 5.69 Å². The maximum Gasteiger partial charge on any atom is 0.242 e. The van der Waals surface area contributed by atoms with Crippen molar-refractivity contribution < 1.29 is 13.2 Å². The zero-order valence-electron chi connectivity index (χ0n) is 16.4. The second-order valence-corrected chi connectivity index (χ2v) is 8.75. The monoisotopic (exact) mass is 408 g/mol. The van der Waals surface area contributed by atoms with Gasteiger partial charge in [0.25, 0.3) is 0 Å². The van der Waals surface area contributed by atoms with E-state index < -0.39 is 22.0 Å². The lowest BCUT2D eigenvalue weighted by atomic mass is 10.1. The lowest BCUT2D eigenvalue weighted by molar-refractivity contribution is -0.117. The van der Waals surface area contributed by atoms with E-state index in [0.29, 0.717) is 5.69 Å². The molecule has 0 spiro atoms. The van der Waals surface area contributed by atoms with Crippen LogP contribution in [-0.4, -0.2) is 20.4 Å². The molecule has 0 aliphatic rings. The summed E-state index contributed by atoms with van der Waals surface area (Å²) in [4.78, 5) is 13.1. The molecule has 6 heteroatoms. The van der Waals surface area contributed by atoms with Crippen molar-refractivity contribution in [3.63, 3.8) is 0 Å². The summed E-state index contributed by atoms with van der Waals surface area (Å²) in [5.41, 5.74) is 3.45. The molecule has 0 aliphatic heterocycles. The Bertz CT molecular complexity index is 1080. The van der Waals surface area contributed by atoms with Crippen LogP contribution in [-0.2, 0) is 21.2 Å². The van der Waals surface area contributed by atoms with E-state index in [1.54, 1.807) is 18.2 Å². The molecule has 0 aromatic heterocycles. The Morgan fingerprint density at radius 2 is 1.55 bits per heavy atom. The molecule has 5 nitrogen and oxygen atoms in total. The maximum absolute atomic E-state index is 13.0. The van der Waals surface area contributed by atoms with E-state index in [-0.39, 0.29) is 11.3 Å². The zero-order valence-corrected chi connectivity index (χ0v) is 17.2. The minimum absolute atomic E-state index is 0.129. The summed E-state index contributed by atoms with van der Waals surface area (Å²) < 4.78 is 28.3. The van der Waals surface area contributed by atoms with Gasteiger partial charge in [0.05, 0.1) is 4.90 Å². The van der Waals surface area contributed by atoms with Crippen molar-refractivity contribution in [1.82, 2.24) is 4.72 Å². The number of anilines is 1. The minimum atomic E-state index is -3.85. The van der Waals surface area contributed by atoms with E-state index in [1.807, 2.05) is 62.4 Å². The maximum atomic E-state index is 13.0. The van der Waals surface area contributed by atoms with E-state index in [4.69, 9.17) is 0 Å². The summed E-state index contributed by atoms with van der Waals surface area (Å²) in [5.74, 6) is -0.407. The molecule has 1 amide bonds. The molecule has 3 rings (SSSR count). The van der Waals surface area contributed by atoms with E-state index in [0.717, 1.165) is 16.7 Å². The summed E-state index contributed by atoms with van der Waals surface area (Å²) >= 11 is 0. The van der Waals surface area contributed by atoms with E-state index in [9.17, 15) is 13.2 Å². The highest BCUT2D eigenvalue weighted by atomic mass is 32.2. The Labute approximate surface area is 171 Å². The van der Waals surface area contributed by atoms with Crippen molar-refractivity contribution in [2.75, 3.05) is 5.32 Å². The van der Waals surface area contributed by atoms with Crippen molar-refractivity contribution in [1.29, 1.82) is 0 Å². The van der Waals surface area contributed by atoms with Gasteiger partial charge < -0.3 is 5.32 Å². The van der Waals surface area contributed by atoms with Gasteiger partial charge in [-0.2, -0.15) is 4.72 Å². The van der Waals surface area contributed by atoms with Crippen molar-refractivity contribution >= 4 is 21.6 Å². The molecule has 29 heavy (non-hydrogen) atoms. The van der Waals surface area contributed by atoms with Gasteiger partial charge in [-0.15, -0.1) is 0 Å². The van der Waals surface area contributed by atoms with Gasteiger partial charge in [-0.05, 0) is 55.7 Å². The third-order valence-electron chi connectivity index (χ3n) is 4.51. The van der Waals surface area contributed by atoms with Crippen LogP contribution in [0.1, 0.15) is 16.7 Å². The number of hydrogen-bond acceptors (Lipinski definition) is 3. The van der Waals surface area contributed by atoms with Crippen LogP contribution in [0.3, 0.4) is 0 Å². The molecule has 0 bridgehead atoms. The molecule has 1 atom stereocenters. The Morgan fingerprint density at radius 1 is 0.862 bits per heavy atom. The SMILES string of the molecule is Cc1ccc(S(=O)(=O)N[C@H](Cc2ccccc2)C(=O)Nc2cccc(C)c2)cc1. The lowest BCUT2D eigenvalue weighted by Crippen LogP contribution is -2.45. The first kappa shape index (κ1) is 20.8. The molecule has 0 fully saturated rings. The van der Waals surface area contributed by atoms with Gasteiger partial charge >= 0.3 is 0 Å². The predicted molar refractivity (Wildman–Crippen MR) is 115 cm³/mol. The number of benzene rings is 3. The van der Waals surface area contributed by atoms with Crippen LogP contribution in [0.25, 0.3) is 0 Å². The molecule has 2 N–H and O–H groups in total. The molecular formula is C23H24N2O3S. The zero-order chi connectivity index (χ0) is 20.9. The fourth-order valence-electron chi connectivity index (χ4n) is 2.96. The fraction of sp³-hybridized carbons (Fsp3) is 0.174.